The fraction of sp³-hybridized carbons (Fsp3) is 0.667. The summed E-state index contributed by atoms with van der Waals surface area (Å²) >= 11 is 5.87. The molecule has 3 heteroatoms. The largest absolute Gasteiger partial charge is 0.381 e. The van der Waals surface area contributed by atoms with E-state index < -0.39 is 0 Å². The van der Waals surface area contributed by atoms with Gasteiger partial charge < -0.3 is 5.32 Å². The third-order valence-corrected chi connectivity index (χ3v) is 4.17. The smallest absolute Gasteiger partial charge is 0.129 e. The molecule has 2 rings (SSSR count). The molecule has 1 saturated carbocycles. The summed E-state index contributed by atoms with van der Waals surface area (Å²) in [6.07, 6.45) is 8.02. The quantitative estimate of drug-likeness (QED) is 0.791. The molecule has 0 radical (unpaired) electrons. The third kappa shape index (κ3) is 3.61. The van der Waals surface area contributed by atoms with Gasteiger partial charge in [-0.25, -0.2) is 4.98 Å². The Morgan fingerprint density at radius 1 is 1.28 bits per heavy atom. The van der Waals surface area contributed by atoms with Crippen molar-refractivity contribution in [3.63, 3.8) is 0 Å². The lowest BCUT2D eigenvalue weighted by atomic mass is 9.83. The van der Waals surface area contributed by atoms with Crippen molar-refractivity contribution in [2.75, 3.05) is 5.32 Å². The molecule has 0 saturated heterocycles. The molecular weight excluding hydrogens is 244 g/mol. The predicted octanol–water partition coefficient (Wildman–Crippen LogP) is 4.81. The van der Waals surface area contributed by atoms with Crippen molar-refractivity contribution < 1.29 is 0 Å². The lowest BCUT2D eigenvalue weighted by Gasteiger charge is -2.30. The Hall–Kier alpha value is -0.760. The van der Waals surface area contributed by atoms with Crippen molar-refractivity contribution in [1.82, 2.24) is 4.98 Å². The van der Waals surface area contributed by atoms with E-state index in [1.165, 1.54) is 38.5 Å². The van der Waals surface area contributed by atoms with Crippen LogP contribution in [0, 0.1) is 12.8 Å². The average molecular weight is 267 g/mol. The van der Waals surface area contributed by atoms with Gasteiger partial charge in [0.1, 0.15) is 5.15 Å². The molecule has 2 nitrogen and oxygen atoms in total. The van der Waals surface area contributed by atoms with Gasteiger partial charge in [0.15, 0.2) is 0 Å². The highest BCUT2D eigenvalue weighted by Gasteiger charge is 2.20. The summed E-state index contributed by atoms with van der Waals surface area (Å²) in [7, 11) is 0. The SMILES string of the molecule is CCCC1CCC(Nc2ccc(Cl)nc2C)CC1. The Morgan fingerprint density at radius 2 is 2.00 bits per heavy atom. The van der Waals surface area contributed by atoms with Gasteiger partial charge >= 0.3 is 0 Å². The first-order valence-electron chi connectivity index (χ1n) is 7.08. The van der Waals surface area contributed by atoms with Crippen LogP contribution in [0.5, 0.6) is 0 Å². The molecule has 0 atom stereocenters. The summed E-state index contributed by atoms with van der Waals surface area (Å²) in [5, 5.41) is 4.19. The predicted molar refractivity (Wildman–Crippen MR) is 78.3 cm³/mol. The van der Waals surface area contributed by atoms with E-state index in [0.717, 1.165) is 17.3 Å². The molecule has 1 aliphatic rings. The minimum Gasteiger partial charge on any atom is -0.381 e. The maximum Gasteiger partial charge on any atom is 0.129 e. The second-order valence-electron chi connectivity index (χ2n) is 5.42. The van der Waals surface area contributed by atoms with Crippen LogP contribution in [0.15, 0.2) is 12.1 Å². The van der Waals surface area contributed by atoms with Crippen LogP contribution in [0.1, 0.15) is 51.1 Å². The van der Waals surface area contributed by atoms with Crippen molar-refractivity contribution in [3.05, 3.63) is 23.0 Å². The number of hydrogen-bond acceptors (Lipinski definition) is 2. The maximum absolute atomic E-state index is 5.87. The van der Waals surface area contributed by atoms with E-state index in [1.807, 2.05) is 19.1 Å². The number of pyridine rings is 1. The maximum atomic E-state index is 5.87. The second kappa shape index (κ2) is 6.42. The van der Waals surface area contributed by atoms with Crippen molar-refractivity contribution in [3.8, 4) is 0 Å². The molecule has 0 spiro atoms. The molecule has 1 heterocycles. The van der Waals surface area contributed by atoms with E-state index in [0.29, 0.717) is 11.2 Å². The van der Waals surface area contributed by atoms with Gasteiger partial charge in [0, 0.05) is 6.04 Å². The lowest BCUT2D eigenvalue weighted by Crippen LogP contribution is -2.26. The molecule has 0 aromatic carbocycles. The normalized spacial score (nSPS) is 23.9. The first-order chi connectivity index (χ1) is 8.69. The summed E-state index contributed by atoms with van der Waals surface area (Å²) in [5.41, 5.74) is 2.14. The number of hydrogen-bond donors (Lipinski definition) is 1. The van der Waals surface area contributed by atoms with Crippen molar-refractivity contribution in [2.24, 2.45) is 5.92 Å². The molecule has 18 heavy (non-hydrogen) atoms. The number of aromatic nitrogens is 1. The van der Waals surface area contributed by atoms with Gasteiger partial charge in [-0.2, -0.15) is 0 Å². The van der Waals surface area contributed by atoms with Crippen LogP contribution in [0.2, 0.25) is 5.15 Å². The highest BCUT2D eigenvalue weighted by molar-refractivity contribution is 6.29. The molecule has 1 aliphatic carbocycles. The van der Waals surface area contributed by atoms with Gasteiger partial charge in [0.2, 0.25) is 0 Å². The molecule has 1 N–H and O–H groups in total. The summed E-state index contributed by atoms with van der Waals surface area (Å²) in [5.74, 6) is 0.956. The van der Waals surface area contributed by atoms with Crippen LogP contribution in [0.3, 0.4) is 0 Å². The van der Waals surface area contributed by atoms with E-state index in [4.69, 9.17) is 11.6 Å². The van der Waals surface area contributed by atoms with Crippen LogP contribution in [0.25, 0.3) is 0 Å². The molecule has 0 aliphatic heterocycles. The average Bonchev–Trinajstić information content (AvgIpc) is 2.35. The summed E-state index contributed by atoms with van der Waals surface area (Å²) in [4.78, 5) is 4.29. The Kier molecular flexibility index (Phi) is 4.87. The van der Waals surface area contributed by atoms with E-state index in [2.05, 4.69) is 17.2 Å². The number of halogens is 1. The van der Waals surface area contributed by atoms with Gasteiger partial charge in [-0.3, -0.25) is 0 Å². The van der Waals surface area contributed by atoms with Crippen molar-refractivity contribution >= 4 is 17.3 Å². The Labute approximate surface area is 115 Å². The molecule has 0 bridgehead atoms. The molecule has 1 fully saturated rings. The van der Waals surface area contributed by atoms with E-state index in [9.17, 15) is 0 Å². The monoisotopic (exact) mass is 266 g/mol. The van der Waals surface area contributed by atoms with E-state index in [1.54, 1.807) is 0 Å². The van der Waals surface area contributed by atoms with Gasteiger partial charge in [0.05, 0.1) is 11.4 Å². The minimum atomic E-state index is 0.574. The fourth-order valence-electron chi connectivity index (χ4n) is 2.91. The molecule has 1 aromatic rings. The van der Waals surface area contributed by atoms with Crippen LogP contribution in [0.4, 0.5) is 5.69 Å². The number of anilines is 1. The molecule has 100 valence electrons. The van der Waals surface area contributed by atoms with Crippen LogP contribution < -0.4 is 5.32 Å². The molecular formula is C15H23ClN2. The van der Waals surface area contributed by atoms with Crippen LogP contribution in [-0.4, -0.2) is 11.0 Å². The number of nitrogens with zero attached hydrogens (tertiary/aromatic N) is 1. The van der Waals surface area contributed by atoms with Crippen LogP contribution >= 0.6 is 11.6 Å². The molecule has 0 amide bonds. The van der Waals surface area contributed by atoms with Gasteiger partial charge in [-0.1, -0.05) is 31.4 Å². The number of nitrogens with one attached hydrogen (secondary N) is 1. The van der Waals surface area contributed by atoms with E-state index >= 15 is 0 Å². The van der Waals surface area contributed by atoms with Crippen LogP contribution in [-0.2, 0) is 0 Å². The van der Waals surface area contributed by atoms with Gasteiger partial charge in [-0.15, -0.1) is 0 Å². The van der Waals surface area contributed by atoms with E-state index in [-0.39, 0.29) is 0 Å². The van der Waals surface area contributed by atoms with Gasteiger partial charge in [0.25, 0.3) is 0 Å². The highest BCUT2D eigenvalue weighted by Crippen LogP contribution is 2.30. The zero-order valence-electron chi connectivity index (χ0n) is 11.4. The first-order valence-corrected chi connectivity index (χ1v) is 7.46. The fourth-order valence-corrected chi connectivity index (χ4v) is 3.10. The first kappa shape index (κ1) is 13.7. The summed E-state index contributed by atoms with van der Waals surface area (Å²) in [6.45, 7) is 4.30. The highest BCUT2D eigenvalue weighted by atomic mass is 35.5. The topological polar surface area (TPSA) is 24.9 Å². The van der Waals surface area contributed by atoms with Crippen molar-refractivity contribution in [2.45, 2.75) is 58.4 Å². The molecule has 0 unspecified atom stereocenters. The number of rotatable bonds is 4. The van der Waals surface area contributed by atoms with Gasteiger partial charge in [-0.05, 0) is 50.7 Å². The minimum absolute atomic E-state index is 0.574. The van der Waals surface area contributed by atoms with Crippen molar-refractivity contribution in [1.29, 1.82) is 0 Å². The second-order valence-corrected chi connectivity index (χ2v) is 5.80. The lowest BCUT2D eigenvalue weighted by molar-refractivity contribution is 0.319. The standard InChI is InChI=1S/C15H23ClN2/c1-3-4-12-5-7-13(8-6-12)18-14-9-10-15(16)17-11(14)2/h9-10,12-13,18H,3-8H2,1-2H3. The Morgan fingerprint density at radius 3 is 2.61 bits per heavy atom. The zero-order valence-corrected chi connectivity index (χ0v) is 12.1. The zero-order chi connectivity index (χ0) is 13.0. The Bertz CT molecular complexity index is 384. The molecule has 1 aromatic heterocycles. The summed E-state index contributed by atoms with van der Waals surface area (Å²) < 4.78 is 0. The third-order valence-electron chi connectivity index (χ3n) is 3.96. The number of aryl methyl sites for hydroxylation is 1. The summed E-state index contributed by atoms with van der Waals surface area (Å²) in [6, 6.07) is 4.52. The Balaban J connectivity index is 1.87.